The number of nitrogens with zero attached hydrogens (tertiary/aromatic N) is 3. The lowest BCUT2D eigenvalue weighted by Gasteiger charge is -2.22. The average Bonchev–Trinajstić information content (AvgIpc) is 2.63. The number of H-pyrrole nitrogens is 1. The summed E-state index contributed by atoms with van der Waals surface area (Å²) in [6.07, 6.45) is 0.272. The first-order valence-electron chi connectivity index (χ1n) is 5.75. The second-order valence-electron chi connectivity index (χ2n) is 5.41. The molecule has 1 N–H and O–H groups in total. The van der Waals surface area contributed by atoms with E-state index in [9.17, 15) is 4.79 Å². The molecule has 0 amide bonds. The largest absolute Gasteiger partial charge is 0.460 e. The molecule has 0 spiro atoms. The Labute approximate surface area is 101 Å². The minimum Gasteiger partial charge on any atom is -0.460 e. The summed E-state index contributed by atoms with van der Waals surface area (Å²) in [5.41, 5.74) is -0.462. The number of aromatic nitrogens is 4. The highest BCUT2D eigenvalue weighted by Gasteiger charge is 2.26. The van der Waals surface area contributed by atoms with Gasteiger partial charge in [-0.05, 0) is 26.7 Å². The number of carbonyl (C=O) groups excluding carboxylic acids is 1. The van der Waals surface area contributed by atoms with Gasteiger partial charge in [-0.15, -0.1) is 10.2 Å². The van der Waals surface area contributed by atoms with Gasteiger partial charge >= 0.3 is 5.97 Å². The van der Waals surface area contributed by atoms with Crippen molar-refractivity contribution in [3.05, 3.63) is 5.82 Å². The molecule has 0 aromatic carbocycles. The normalized spacial score (nSPS) is 13.8. The third kappa shape index (κ3) is 4.50. The van der Waals surface area contributed by atoms with Crippen molar-refractivity contribution >= 4 is 5.97 Å². The minimum atomic E-state index is -0.462. The topological polar surface area (TPSA) is 80.8 Å². The van der Waals surface area contributed by atoms with Gasteiger partial charge in [-0.2, -0.15) is 5.21 Å². The third-order valence-corrected chi connectivity index (χ3v) is 2.30. The second kappa shape index (κ2) is 5.25. The van der Waals surface area contributed by atoms with Crippen LogP contribution in [0.15, 0.2) is 0 Å². The van der Waals surface area contributed by atoms with Gasteiger partial charge in [0.2, 0.25) is 0 Å². The molecule has 0 aliphatic rings. The Bertz CT molecular complexity index is 354. The van der Waals surface area contributed by atoms with E-state index in [1.54, 1.807) is 0 Å². The summed E-state index contributed by atoms with van der Waals surface area (Å²) in [6.45, 7) is 9.59. The lowest BCUT2D eigenvalue weighted by atomic mass is 9.92. The minimum absolute atomic E-state index is 0.0661. The number of hydrogen-bond acceptors (Lipinski definition) is 5. The fourth-order valence-electron chi connectivity index (χ4n) is 1.51. The average molecular weight is 240 g/mol. The van der Waals surface area contributed by atoms with Gasteiger partial charge in [-0.3, -0.25) is 4.79 Å². The number of hydrogen-bond donors (Lipinski definition) is 1. The van der Waals surface area contributed by atoms with E-state index in [2.05, 4.69) is 20.6 Å². The van der Waals surface area contributed by atoms with Gasteiger partial charge < -0.3 is 4.74 Å². The van der Waals surface area contributed by atoms with Gasteiger partial charge in [0.15, 0.2) is 5.82 Å². The predicted octanol–water partition coefficient (Wildman–Crippen LogP) is 1.67. The first kappa shape index (κ1) is 13.6. The van der Waals surface area contributed by atoms with Crippen LogP contribution in [0.25, 0.3) is 0 Å². The van der Waals surface area contributed by atoms with Crippen LogP contribution in [0.5, 0.6) is 0 Å². The van der Waals surface area contributed by atoms with E-state index in [1.807, 2.05) is 34.6 Å². The molecule has 1 heterocycles. The Kier molecular flexibility index (Phi) is 4.20. The number of aromatic amines is 1. The van der Waals surface area contributed by atoms with Crippen molar-refractivity contribution < 1.29 is 9.53 Å². The molecule has 96 valence electrons. The molecule has 0 fully saturated rings. The molecule has 6 nitrogen and oxygen atoms in total. The Morgan fingerprint density at radius 3 is 2.47 bits per heavy atom. The molecule has 0 bridgehead atoms. The summed E-state index contributed by atoms with van der Waals surface area (Å²) in [5, 5.41) is 13.8. The second-order valence-corrected chi connectivity index (χ2v) is 5.41. The standard InChI is InChI=1S/C11H20N4O2/c1-7(2)8(10-12-14-15-13-10)6-9(16)17-11(3,4)5/h7-8H,6H2,1-5H3,(H,12,13,14,15)/t8-/m1/s1. The number of ether oxygens (including phenoxy) is 1. The van der Waals surface area contributed by atoms with E-state index in [4.69, 9.17) is 4.74 Å². The molecule has 0 radical (unpaired) electrons. The van der Waals surface area contributed by atoms with Gasteiger partial charge in [-0.25, -0.2) is 0 Å². The summed E-state index contributed by atoms with van der Waals surface area (Å²) in [5.74, 6) is 0.510. The number of rotatable bonds is 4. The van der Waals surface area contributed by atoms with E-state index < -0.39 is 5.60 Å². The zero-order valence-corrected chi connectivity index (χ0v) is 11.0. The van der Waals surface area contributed by atoms with Crippen molar-refractivity contribution in [1.82, 2.24) is 20.6 Å². The van der Waals surface area contributed by atoms with E-state index in [1.165, 1.54) is 0 Å². The fourth-order valence-corrected chi connectivity index (χ4v) is 1.51. The number of nitrogens with one attached hydrogen (secondary N) is 1. The highest BCUT2D eigenvalue weighted by Crippen LogP contribution is 2.25. The molecule has 0 saturated heterocycles. The summed E-state index contributed by atoms with van der Waals surface area (Å²) < 4.78 is 5.29. The van der Waals surface area contributed by atoms with Crippen LogP contribution in [-0.2, 0) is 9.53 Å². The lowest BCUT2D eigenvalue weighted by molar-refractivity contribution is -0.155. The maximum atomic E-state index is 11.8. The first-order chi connectivity index (χ1) is 7.79. The molecule has 0 saturated carbocycles. The van der Waals surface area contributed by atoms with Crippen LogP contribution in [0, 0.1) is 5.92 Å². The quantitative estimate of drug-likeness (QED) is 0.810. The van der Waals surface area contributed by atoms with Crippen molar-refractivity contribution in [3.63, 3.8) is 0 Å². The lowest BCUT2D eigenvalue weighted by Crippen LogP contribution is -2.26. The van der Waals surface area contributed by atoms with E-state index in [-0.39, 0.29) is 24.2 Å². The van der Waals surface area contributed by atoms with E-state index >= 15 is 0 Å². The van der Waals surface area contributed by atoms with Gasteiger partial charge in [0, 0.05) is 5.92 Å². The maximum Gasteiger partial charge on any atom is 0.307 e. The monoisotopic (exact) mass is 240 g/mol. The molecule has 6 heteroatoms. The van der Waals surface area contributed by atoms with Crippen LogP contribution in [-0.4, -0.2) is 32.2 Å². The van der Waals surface area contributed by atoms with Crippen LogP contribution in [0.2, 0.25) is 0 Å². The Balaban J connectivity index is 2.66. The van der Waals surface area contributed by atoms with Crippen LogP contribution in [0.3, 0.4) is 0 Å². The molecule has 1 aromatic rings. The molecule has 0 aliphatic heterocycles. The molecule has 1 aromatic heterocycles. The van der Waals surface area contributed by atoms with Gasteiger partial charge in [-0.1, -0.05) is 19.1 Å². The van der Waals surface area contributed by atoms with Crippen molar-refractivity contribution in [3.8, 4) is 0 Å². The molecule has 17 heavy (non-hydrogen) atoms. The predicted molar refractivity (Wildman–Crippen MR) is 62.2 cm³/mol. The highest BCUT2D eigenvalue weighted by atomic mass is 16.6. The zero-order chi connectivity index (χ0) is 13.1. The Morgan fingerprint density at radius 2 is 2.06 bits per heavy atom. The van der Waals surface area contributed by atoms with E-state index in [0.29, 0.717) is 5.82 Å². The van der Waals surface area contributed by atoms with E-state index in [0.717, 1.165) is 0 Å². The van der Waals surface area contributed by atoms with Crippen molar-refractivity contribution in [2.75, 3.05) is 0 Å². The van der Waals surface area contributed by atoms with Crippen molar-refractivity contribution in [2.45, 2.75) is 52.6 Å². The summed E-state index contributed by atoms with van der Waals surface area (Å²) in [6, 6.07) is 0. The summed E-state index contributed by atoms with van der Waals surface area (Å²) >= 11 is 0. The Morgan fingerprint density at radius 1 is 1.41 bits per heavy atom. The molecule has 0 unspecified atom stereocenters. The number of esters is 1. The summed E-state index contributed by atoms with van der Waals surface area (Å²) in [7, 11) is 0. The smallest absolute Gasteiger partial charge is 0.307 e. The Hall–Kier alpha value is -1.46. The molecule has 0 aliphatic carbocycles. The zero-order valence-electron chi connectivity index (χ0n) is 11.0. The molecular weight excluding hydrogens is 220 g/mol. The van der Waals surface area contributed by atoms with Crippen LogP contribution in [0.1, 0.15) is 52.8 Å². The van der Waals surface area contributed by atoms with Gasteiger partial charge in [0.1, 0.15) is 5.60 Å². The summed E-state index contributed by atoms with van der Waals surface area (Å²) in [4.78, 5) is 11.8. The first-order valence-corrected chi connectivity index (χ1v) is 5.75. The molecular formula is C11H20N4O2. The number of carbonyl (C=O) groups is 1. The number of tetrazole rings is 1. The molecule has 1 atom stereocenters. The van der Waals surface area contributed by atoms with Gasteiger partial charge in [0.25, 0.3) is 0 Å². The highest BCUT2D eigenvalue weighted by molar-refractivity contribution is 5.70. The van der Waals surface area contributed by atoms with Crippen LogP contribution >= 0.6 is 0 Å². The fraction of sp³-hybridized carbons (Fsp3) is 0.818. The van der Waals surface area contributed by atoms with Crippen LogP contribution in [0.4, 0.5) is 0 Å². The van der Waals surface area contributed by atoms with Gasteiger partial charge in [0.05, 0.1) is 6.42 Å². The maximum absolute atomic E-state index is 11.8. The van der Waals surface area contributed by atoms with Crippen LogP contribution < -0.4 is 0 Å². The third-order valence-electron chi connectivity index (χ3n) is 2.30. The van der Waals surface area contributed by atoms with Crippen molar-refractivity contribution in [1.29, 1.82) is 0 Å². The van der Waals surface area contributed by atoms with Crippen molar-refractivity contribution in [2.24, 2.45) is 5.92 Å². The SMILES string of the molecule is CC(C)[C@@H](CC(=O)OC(C)(C)C)c1nn[nH]n1. The molecule has 1 rings (SSSR count).